The van der Waals surface area contributed by atoms with Gasteiger partial charge in [-0.15, -0.1) is 0 Å². The number of carbonyl (C=O) groups is 3. The predicted molar refractivity (Wildman–Crippen MR) is 90.6 cm³/mol. The quantitative estimate of drug-likeness (QED) is 0.345. The normalized spacial score (nSPS) is 14.2. The summed E-state index contributed by atoms with van der Waals surface area (Å²) in [6.45, 7) is 5.58. The second kappa shape index (κ2) is 8.15. The molecule has 25 heavy (non-hydrogen) atoms. The highest BCUT2D eigenvalue weighted by Crippen LogP contribution is 2.34. The van der Waals surface area contributed by atoms with Crippen LogP contribution in [0, 0.1) is 17.6 Å². The lowest BCUT2D eigenvalue weighted by Crippen LogP contribution is -2.42. The number of ether oxygens (including phenoxy) is 1. The van der Waals surface area contributed by atoms with Gasteiger partial charge >= 0.3 is 11.9 Å². The zero-order valence-corrected chi connectivity index (χ0v) is 15.4. The number of methoxy groups -OCH3 is 1. The number of hydrogen-bond donors (Lipinski definition) is 1. The number of ketones is 1. The maximum absolute atomic E-state index is 13.3. The summed E-state index contributed by atoms with van der Waals surface area (Å²) in [6.07, 6.45) is 2.94. The largest absolute Gasteiger partial charge is 0.475 e. The molecule has 0 aliphatic heterocycles. The standard InChI is InChI=1S/C17H20F2O5Si/c1-24-17(23)14(15(20)16(21)22)13(25(2,3)4)8-6-10-5-7-11(18)12(19)9-10/h5-9,13-14H,1-4H3,(H,21,22). The van der Waals surface area contributed by atoms with Crippen molar-refractivity contribution in [3.8, 4) is 0 Å². The first-order valence-corrected chi connectivity index (χ1v) is 11.0. The van der Waals surface area contributed by atoms with E-state index in [4.69, 9.17) is 5.11 Å². The molecule has 0 radical (unpaired) electrons. The predicted octanol–water partition coefficient (Wildman–Crippen LogP) is 3.13. The van der Waals surface area contributed by atoms with Gasteiger partial charge in [0.15, 0.2) is 11.6 Å². The molecule has 0 saturated carbocycles. The number of benzene rings is 1. The molecule has 1 rings (SSSR count). The van der Waals surface area contributed by atoms with Crippen molar-refractivity contribution < 1.29 is 33.0 Å². The van der Waals surface area contributed by atoms with Crippen molar-refractivity contribution >= 4 is 31.9 Å². The van der Waals surface area contributed by atoms with Crippen LogP contribution < -0.4 is 0 Å². The Bertz CT molecular complexity index is 709. The number of carbonyl (C=O) groups excluding carboxylic acids is 2. The monoisotopic (exact) mass is 370 g/mol. The van der Waals surface area contributed by atoms with E-state index in [1.54, 1.807) is 0 Å². The Morgan fingerprint density at radius 1 is 1.16 bits per heavy atom. The van der Waals surface area contributed by atoms with Crippen LogP contribution in [0.15, 0.2) is 24.3 Å². The molecule has 1 aromatic carbocycles. The highest BCUT2D eigenvalue weighted by Gasteiger charge is 2.43. The smallest absolute Gasteiger partial charge is 0.373 e. The van der Waals surface area contributed by atoms with Crippen molar-refractivity contribution in [2.75, 3.05) is 7.11 Å². The van der Waals surface area contributed by atoms with E-state index in [0.29, 0.717) is 5.56 Å². The van der Waals surface area contributed by atoms with Crippen molar-refractivity contribution in [1.82, 2.24) is 0 Å². The van der Waals surface area contributed by atoms with Gasteiger partial charge in [-0.2, -0.15) is 0 Å². The van der Waals surface area contributed by atoms with Gasteiger partial charge in [0.2, 0.25) is 0 Å². The topological polar surface area (TPSA) is 80.7 Å². The number of carboxylic acid groups (broad SMARTS) is 1. The molecule has 2 atom stereocenters. The minimum absolute atomic E-state index is 0.327. The zero-order valence-electron chi connectivity index (χ0n) is 14.4. The molecule has 0 aliphatic rings. The van der Waals surface area contributed by atoms with Crippen LogP contribution in [0.3, 0.4) is 0 Å². The molecule has 0 aromatic heterocycles. The summed E-state index contributed by atoms with van der Waals surface area (Å²) < 4.78 is 30.9. The van der Waals surface area contributed by atoms with E-state index in [1.807, 2.05) is 19.6 Å². The third-order valence-electron chi connectivity index (χ3n) is 3.75. The number of aliphatic carboxylic acids is 1. The fourth-order valence-electron chi connectivity index (χ4n) is 2.41. The third kappa shape index (κ3) is 5.32. The molecule has 0 bridgehead atoms. The molecular weight excluding hydrogens is 350 g/mol. The van der Waals surface area contributed by atoms with Gasteiger partial charge in [-0.25, -0.2) is 13.6 Å². The van der Waals surface area contributed by atoms with Gasteiger partial charge in [0, 0.05) is 0 Å². The van der Waals surface area contributed by atoms with Crippen LogP contribution in [0.4, 0.5) is 8.78 Å². The highest BCUT2D eigenvalue weighted by molar-refractivity contribution is 6.78. The summed E-state index contributed by atoms with van der Waals surface area (Å²) in [7, 11) is -1.18. The molecule has 0 fully saturated rings. The Hall–Kier alpha value is -2.35. The first-order valence-electron chi connectivity index (χ1n) is 7.47. The molecule has 1 N–H and O–H groups in total. The van der Waals surface area contributed by atoms with Gasteiger partial charge in [0.25, 0.3) is 5.78 Å². The molecule has 2 unspecified atom stereocenters. The molecule has 8 heteroatoms. The van der Waals surface area contributed by atoms with Crippen molar-refractivity contribution in [3.63, 3.8) is 0 Å². The Kier molecular flexibility index (Phi) is 6.75. The first kappa shape index (κ1) is 20.7. The minimum Gasteiger partial charge on any atom is -0.475 e. The highest BCUT2D eigenvalue weighted by atomic mass is 28.3. The Balaban J connectivity index is 3.32. The van der Waals surface area contributed by atoms with Crippen LogP contribution in [0.2, 0.25) is 25.2 Å². The average Bonchev–Trinajstić information content (AvgIpc) is 2.52. The third-order valence-corrected chi connectivity index (χ3v) is 6.27. The van der Waals surface area contributed by atoms with E-state index >= 15 is 0 Å². The summed E-state index contributed by atoms with van der Waals surface area (Å²) in [5.41, 5.74) is -0.370. The van der Waals surface area contributed by atoms with E-state index in [1.165, 1.54) is 18.2 Å². The van der Waals surface area contributed by atoms with Gasteiger partial charge in [-0.1, -0.05) is 37.9 Å². The van der Waals surface area contributed by atoms with E-state index in [9.17, 15) is 23.2 Å². The lowest BCUT2D eigenvalue weighted by atomic mass is 9.98. The molecule has 0 saturated heterocycles. The summed E-state index contributed by atoms with van der Waals surface area (Å²) in [6, 6.07) is 3.26. The maximum Gasteiger partial charge on any atom is 0.373 e. The van der Waals surface area contributed by atoms with Gasteiger partial charge in [0.1, 0.15) is 5.92 Å². The lowest BCUT2D eigenvalue weighted by Gasteiger charge is -2.30. The SMILES string of the molecule is COC(=O)C(C(=O)C(=O)O)C(C=Cc1ccc(F)c(F)c1)[Si](C)(C)C. The Morgan fingerprint density at radius 2 is 1.76 bits per heavy atom. The van der Waals surface area contributed by atoms with Crippen molar-refractivity contribution in [3.05, 3.63) is 41.5 Å². The number of rotatable bonds is 7. The average molecular weight is 370 g/mol. The van der Waals surface area contributed by atoms with Gasteiger partial charge in [-0.3, -0.25) is 9.59 Å². The van der Waals surface area contributed by atoms with Gasteiger partial charge in [0.05, 0.1) is 15.2 Å². The summed E-state index contributed by atoms with van der Waals surface area (Å²) in [4.78, 5) is 35.1. The zero-order chi connectivity index (χ0) is 19.4. The Labute approximate surface area is 145 Å². The summed E-state index contributed by atoms with van der Waals surface area (Å²) >= 11 is 0. The van der Waals surface area contributed by atoms with Gasteiger partial charge < -0.3 is 9.84 Å². The molecule has 136 valence electrons. The van der Waals surface area contributed by atoms with E-state index in [0.717, 1.165) is 19.2 Å². The van der Waals surface area contributed by atoms with Crippen molar-refractivity contribution in [2.45, 2.75) is 25.2 Å². The number of halogens is 2. The molecule has 0 spiro atoms. The van der Waals surface area contributed by atoms with Crippen molar-refractivity contribution in [2.24, 2.45) is 5.92 Å². The Morgan fingerprint density at radius 3 is 2.20 bits per heavy atom. The summed E-state index contributed by atoms with van der Waals surface area (Å²) in [5, 5.41) is 9.01. The molecule has 5 nitrogen and oxygen atoms in total. The molecule has 0 aliphatic carbocycles. The molecule has 0 heterocycles. The number of hydrogen-bond acceptors (Lipinski definition) is 4. The van der Waals surface area contributed by atoms with Crippen LogP contribution in [0.1, 0.15) is 5.56 Å². The number of esters is 1. The fraction of sp³-hybridized carbons (Fsp3) is 0.353. The molecule has 1 aromatic rings. The number of Topliss-reactive ketones (excluding diaryl/α,β-unsaturated/α-hetero) is 1. The van der Waals surface area contributed by atoms with E-state index < -0.39 is 48.9 Å². The van der Waals surface area contributed by atoms with Crippen LogP contribution >= 0.6 is 0 Å². The maximum atomic E-state index is 13.3. The van der Waals surface area contributed by atoms with Gasteiger partial charge in [-0.05, 0) is 23.2 Å². The van der Waals surface area contributed by atoms with Crippen molar-refractivity contribution in [1.29, 1.82) is 0 Å². The summed E-state index contributed by atoms with van der Waals surface area (Å²) in [5.74, 6) is -7.43. The van der Waals surface area contributed by atoms with E-state index in [2.05, 4.69) is 4.74 Å². The lowest BCUT2D eigenvalue weighted by molar-refractivity contribution is -0.158. The van der Waals surface area contributed by atoms with Crippen LogP contribution in [-0.4, -0.2) is 38.0 Å². The number of carboxylic acids is 1. The van der Waals surface area contributed by atoms with Crippen LogP contribution in [0.25, 0.3) is 6.08 Å². The van der Waals surface area contributed by atoms with Crippen LogP contribution in [-0.2, 0) is 19.1 Å². The molecular formula is C17H20F2O5Si. The molecule has 0 amide bonds. The second-order valence-corrected chi connectivity index (χ2v) is 12.0. The number of allylic oxidation sites excluding steroid dienone is 1. The second-order valence-electron chi connectivity index (χ2n) is 6.59. The first-order chi connectivity index (χ1) is 11.5. The minimum atomic E-state index is -2.26. The van der Waals surface area contributed by atoms with E-state index in [-0.39, 0.29) is 0 Å². The fourth-order valence-corrected chi connectivity index (χ4v) is 4.37. The van der Waals surface area contributed by atoms with Crippen LogP contribution in [0.5, 0.6) is 0 Å².